The van der Waals surface area contributed by atoms with Gasteiger partial charge in [0.15, 0.2) is 0 Å². The van der Waals surface area contributed by atoms with Gasteiger partial charge < -0.3 is 11.1 Å². The number of fused-ring (bicyclic) bond motifs is 2. The lowest BCUT2D eigenvalue weighted by molar-refractivity contribution is -0.117. The summed E-state index contributed by atoms with van der Waals surface area (Å²) in [6, 6.07) is 18.3. The first-order valence-electron chi connectivity index (χ1n) is 8.21. The molecule has 2 heterocycles. The maximum absolute atomic E-state index is 11.0. The van der Waals surface area contributed by atoms with E-state index in [0.29, 0.717) is 5.69 Å². The van der Waals surface area contributed by atoms with Gasteiger partial charge in [0.25, 0.3) is 0 Å². The van der Waals surface area contributed by atoms with Crippen molar-refractivity contribution in [3.8, 4) is 0 Å². The molecule has 0 bridgehead atoms. The number of nitrogens with two attached hydrogens (primary N) is 1. The summed E-state index contributed by atoms with van der Waals surface area (Å²) in [4.78, 5) is 17.7. The molecule has 0 spiro atoms. The van der Waals surface area contributed by atoms with Gasteiger partial charge >= 0.3 is 0 Å². The summed E-state index contributed by atoms with van der Waals surface area (Å²) in [6.07, 6.45) is 1.88. The third-order valence-electron chi connectivity index (χ3n) is 4.23. The first-order chi connectivity index (χ1) is 12.6. The predicted molar refractivity (Wildman–Crippen MR) is 106 cm³/mol. The number of aromatic nitrogens is 1. The van der Waals surface area contributed by atoms with Crippen molar-refractivity contribution >= 4 is 34.6 Å². The molecule has 1 aliphatic rings. The van der Waals surface area contributed by atoms with Crippen LogP contribution in [0, 0.1) is 0 Å². The number of rotatable bonds is 4. The van der Waals surface area contributed by atoms with Crippen molar-refractivity contribution in [2.75, 3.05) is 5.32 Å². The van der Waals surface area contributed by atoms with Crippen LogP contribution < -0.4 is 11.1 Å². The fraction of sp³-hybridized carbons (Fsp3) is 0.0476. The number of nitrogens with one attached hydrogen (secondary N) is 1. The summed E-state index contributed by atoms with van der Waals surface area (Å²) in [6.45, 7) is 4.21. The van der Waals surface area contributed by atoms with Crippen molar-refractivity contribution in [1.29, 1.82) is 0 Å². The van der Waals surface area contributed by atoms with E-state index in [1.807, 2.05) is 24.3 Å². The molecular formula is C21H17N3OS. The predicted octanol–water partition coefficient (Wildman–Crippen LogP) is 4.38. The number of carbonyl (C=O) groups is 1. The van der Waals surface area contributed by atoms with E-state index in [1.54, 1.807) is 18.0 Å². The Morgan fingerprint density at radius 2 is 1.81 bits per heavy atom. The zero-order valence-corrected chi connectivity index (χ0v) is 14.8. The van der Waals surface area contributed by atoms with Crippen molar-refractivity contribution in [2.24, 2.45) is 5.73 Å². The van der Waals surface area contributed by atoms with E-state index in [9.17, 15) is 4.79 Å². The maximum Gasteiger partial charge on any atom is 0.223 e. The summed E-state index contributed by atoms with van der Waals surface area (Å²) in [5, 5.41) is 3.49. The van der Waals surface area contributed by atoms with E-state index in [4.69, 9.17) is 5.73 Å². The van der Waals surface area contributed by atoms with Crippen molar-refractivity contribution in [1.82, 2.24) is 4.98 Å². The Hall–Kier alpha value is -3.05. The van der Waals surface area contributed by atoms with E-state index in [2.05, 4.69) is 47.2 Å². The Labute approximate surface area is 156 Å². The van der Waals surface area contributed by atoms with Gasteiger partial charge in [-0.1, -0.05) is 42.6 Å². The van der Waals surface area contributed by atoms with E-state index in [0.717, 1.165) is 28.1 Å². The number of anilines is 2. The molecule has 0 atom stereocenters. The molecule has 1 amide bonds. The molecule has 0 unspecified atom stereocenters. The van der Waals surface area contributed by atoms with E-state index in [1.165, 1.54) is 9.79 Å². The Balaban J connectivity index is 1.59. The molecule has 2 aromatic carbocycles. The molecular weight excluding hydrogens is 342 g/mol. The number of primary amides is 1. The van der Waals surface area contributed by atoms with Gasteiger partial charge in [-0.15, -0.1) is 0 Å². The minimum absolute atomic E-state index is 0.145. The zero-order chi connectivity index (χ0) is 18.1. The van der Waals surface area contributed by atoms with Gasteiger partial charge in [0.1, 0.15) is 0 Å². The van der Waals surface area contributed by atoms with Crippen LogP contribution in [-0.4, -0.2) is 10.9 Å². The van der Waals surface area contributed by atoms with Gasteiger partial charge in [-0.05, 0) is 41.5 Å². The van der Waals surface area contributed by atoms with Crippen LogP contribution in [0.4, 0.5) is 11.4 Å². The minimum atomic E-state index is -0.386. The SMILES string of the molecule is C=C(c1ccc(CC(N)=O)nc1)c1ccc2c(c1)Nc1ccccc1S2. The molecule has 3 aromatic rings. The van der Waals surface area contributed by atoms with E-state index < -0.39 is 0 Å². The second-order valence-electron chi connectivity index (χ2n) is 6.09. The highest BCUT2D eigenvalue weighted by Crippen LogP contribution is 2.44. The molecule has 5 heteroatoms. The van der Waals surface area contributed by atoms with Crippen LogP contribution in [0.3, 0.4) is 0 Å². The monoisotopic (exact) mass is 359 g/mol. The number of hydrogen-bond donors (Lipinski definition) is 2. The minimum Gasteiger partial charge on any atom is -0.369 e. The number of carbonyl (C=O) groups excluding carboxylic acids is 1. The number of pyridine rings is 1. The second kappa shape index (κ2) is 6.69. The maximum atomic E-state index is 11.0. The summed E-state index contributed by atoms with van der Waals surface area (Å²) < 4.78 is 0. The average Bonchev–Trinajstić information content (AvgIpc) is 2.65. The molecule has 26 heavy (non-hydrogen) atoms. The molecule has 0 fully saturated rings. The highest BCUT2D eigenvalue weighted by atomic mass is 32.2. The van der Waals surface area contributed by atoms with Crippen LogP contribution in [-0.2, 0) is 11.2 Å². The van der Waals surface area contributed by atoms with Crippen LogP contribution in [0.1, 0.15) is 16.8 Å². The van der Waals surface area contributed by atoms with Gasteiger partial charge in [-0.2, -0.15) is 0 Å². The molecule has 4 rings (SSSR count). The summed E-state index contributed by atoms with van der Waals surface area (Å²) in [7, 11) is 0. The molecule has 3 N–H and O–H groups in total. The summed E-state index contributed by atoms with van der Waals surface area (Å²) in [5.41, 5.74) is 10.9. The lowest BCUT2D eigenvalue weighted by Crippen LogP contribution is -2.14. The summed E-state index contributed by atoms with van der Waals surface area (Å²) >= 11 is 1.76. The fourth-order valence-electron chi connectivity index (χ4n) is 2.88. The molecule has 1 aromatic heterocycles. The fourth-order valence-corrected chi connectivity index (χ4v) is 3.85. The number of amides is 1. The Bertz CT molecular complexity index is 1010. The van der Waals surface area contributed by atoms with Gasteiger partial charge in [-0.3, -0.25) is 9.78 Å². The van der Waals surface area contributed by atoms with Crippen LogP contribution in [0.25, 0.3) is 5.57 Å². The molecule has 4 nitrogen and oxygen atoms in total. The standard InChI is InChI=1S/C21H17N3OS/c1-13(15-6-8-16(23-12-15)11-21(22)25)14-7-9-20-18(10-14)24-17-4-2-3-5-19(17)26-20/h2-10,12,24H,1,11H2,(H2,22,25). The molecule has 0 saturated heterocycles. The molecule has 0 aliphatic carbocycles. The van der Waals surface area contributed by atoms with E-state index in [-0.39, 0.29) is 12.3 Å². The van der Waals surface area contributed by atoms with Gasteiger partial charge in [0.2, 0.25) is 5.91 Å². The lowest BCUT2D eigenvalue weighted by Gasteiger charge is -2.21. The van der Waals surface area contributed by atoms with Gasteiger partial charge in [0.05, 0.1) is 17.8 Å². The third-order valence-corrected chi connectivity index (χ3v) is 5.38. The number of nitrogens with zero attached hydrogens (tertiary/aromatic N) is 1. The highest BCUT2D eigenvalue weighted by molar-refractivity contribution is 7.99. The first-order valence-corrected chi connectivity index (χ1v) is 9.02. The Kier molecular flexibility index (Phi) is 4.22. The average molecular weight is 359 g/mol. The van der Waals surface area contributed by atoms with E-state index >= 15 is 0 Å². The number of benzene rings is 2. The smallest absolute Gasteiger partial charge is 0.223 e. The Morgan fingerprint density at radius 1 is 1.04 bits per heavy atom. The third kappa shape index (κ3) is 3.21. The van der Waals surface area contributed by atoms with Crippen LogP contribution >= 0.6 is 11.8 Å². The quantitative estimate of drug-likeness (QED) is 0.567. The molecule has 128 valence electrons. The summed E-state index contributed by atoms with van der Waals surface area (Å²) in [5.74, 6) is -0.386. The van der Waals surface area contributed by atoms with Crippen molar-refractivity contribution in [3.05, 3.63) is 84.2 Å². The van der Waals surface area contributed by atoms with Gasteiger partial charge in [-0.25, -0.2) is 0 Å². The highest BCUT2D eigenvalue weighted by Gasteiger charge is 2.16. The first kappa shape index (κ1) is 16.4. The second-order valence-corrected chi connectivity index (χ2v) is 7.18. The molecule has 0 saturated carbocycles. The van der Waals surface area contributed by atoms with Crippen molar-refractivity contribution in [2.45, 2.75) is 16.2 Å². The number of para-hydroxylation sites is 1. The van der Waals surface area contributed by atoms with Crippen LogP contribution in [0.15, 0.2) is 77.2 Å². The number of hydrogen-bond acceptors (Lipinski definition) is 4. The zero-order valence-electron chi connectivity index (χ0n) is 14.0. The Morgan fingerprint density at radius 3 is 2.58 bits per heavy atom. The molecule has 0 radical (unpaired) electrons. The van der Waals surface area contributed by atoms with Gasteiger partial charge in [0, 0.05) is 27.2 Å². The molecule has 1 aliphatic heterocycles. The van der Waals surface area contributed by atoms with Crippen LogP contribution in [0.5, 0.6) is 0 Å². The topological polar surface area (TPSA) is 68.0 Å². The normalized spacial score (nSPS) is 11.8. The lowest BCUT2D eigenvalue weighted by atomic mass is 10.00. The van der Waals surface area contributed by atoms with Crippen molar-refractivity contribution in [3.63, 3.8) is 0 Å². The van der Waals surface area contributed by atoms with Crippen molar-refractivity contribution < 1.29 is 4.79 Å². The van der Waals surface area contributed by atoms with Crippen LogP contribution in [0.2, 0.25) is 0 Å². The largest absolute Gasteiger partial charge is 0.369 e.